The zero-order valence-electron chi connectivity index (χ0n) is 15.9. The van der Waals surface area contributed by atoms with E-state index in [4.69, 9.17) is 0 Å². The summed E-state index contributed by atoms with van der Waals surface area (Å²) in [5, 5.41) is 3.63. The van der Waals surface area contributed by atoms with E-state index in [9.17, 15) is 13.2 Å². The molecule has 1 aliphatic heterocycles. The van der Waals surface area contributed by atoms with Crippen molar-refractivity contribution >= 4 is 21.6 Å². The quantitative estimate of drug-likeness (QED) is 0.870. The molecule has 3 rings (SSSR count). The lowest BCUT2D eigenvalue weighted by atomic mass is 10.1. The van der Waals surface area contributed by atoms with Crippen molar-refractivity contribution in [3.63, 3.8) is 0 Å². The van der Waals surface area contributed by atoms with E-state index >= 15 is 0 Å². The van der Waals surface area contributed by atoms with Crippen LogP contribution in [0.4, 0.5) is 5.69 Å². The molecule has 0 radical (unpaired) electrons. The maximum Gasteiger partial charge on any atom is 0.257 e. The molecule has 146 valence electrons. The van der Waals surface area contributed by atoms with E-state index < -0.39 is 15.3 Å². The Morgan fingerprint density at radius 2 is 1.93 bits per heavy atom. The number of likely N-dealkylation sites (tertiary alicyclic amines) is 1. The molecule has 1 N–H and O–H groups in total. The predicted molar refractivity (Wildman–Crippen MR) is 105 cm³/mol. The number of nitrogens with one attached hydrogen (secondary N) is 1. The van der Waals surface area contributed by atoms with Gasteiger partial charge in [-0.05, 0) is 45.7 Å². The lowest BCUT2D eigenvalue weighted by Gasteiger charge is -2.32. The predicted octanol–water partition coefficient (Wildman–Crippen LogP) is 2.68. The van der Waals surface area contributed by atoms with Crippen molar-refractivity contribution in [1.29, 1.82) is 0 Å². The fourth-order valence-electron chi connectivity index (χ4n) is 3.11. The van der Waals surface area contributed by atoms with Gasteiger partial charge in [-0.2, -0.15) is 5.10 Å². The van der Waals surface area contributed by atoms with Gasteiger partial charge in [0.2, 0.25) is 10.0 Å². The number of amides is 1. The molecule has 0 saturated carbocycles. The number of carbonyl (C=O) groups is 1. The molecule has 1 aromatic heterocycles. The van der Waals surface area contributed by atoms with Crippen LogP contribution in [0.25, 0.3) is 0 Å². The number of rotatable bonds is 4. The second-order valence-corrected chi connectivity index (χ2v) is 9.83. The first kappa shape index (κ1) is 19.4. The lowest BCUT2D eigenvalue weighted by molar-refractivity contribution is 0.0727. The molecule has 8 heteroatoms. The minimum Gasteiger partial charge on any atom is -0.337 e. The van der Waals surface area contributed by atoms with Crippen LogP contribution in [-0.2, 0) is 15.6 Å². The van der Waals surface area contributed by atoms with Crippen molar-refractivity contribution in [2.75, 3.05) is 17.8 Å². The Kier molecular flexibility index (Phi) is 5.28. The van der Waals surface area contributed by atoms with E-state index in [-0.39, 0.29) is 18.0 Å². The van der Waals surface area contributed by atoms with E-state index in [1.807, 2.05) is 26.8 Å². The minimum atomic E-state index is -3.57. The van der Waals surface area contributed by atoms with Crippen LogP contribution in [0.2, 0.25) is 0 Å². The van der Waals surface area contributed by atoms with E-state index in [2.05, 4.69) is 9.82 Å². The summed E-state index contributed by atoms with van der Waals surface area (Å²) >= 11 is 0. The summed E-state index contributed by atoms with van der Waals surface area (Å²) < 4.78 is 29.8. The number of hydrogen-bond acceptors (Lipinski definition) is 4. The highest BCUT2D eigenvalue weighted by atomic mass is 32.2. The van der Waals surface area contributed by atoms with Crippen molar-refractivity contribution < 1.29 is 13.2 Å². The maximum absolute atomic E-state index is 12.8. The number of carbonyl (C=O) groups excluding carboxylic acids is 1. The van der Waals surface area contributed by atoms with Gasteiger partial charge in [0, 0.05) is 25.0 Å². The summed E-state index contributed by atoms with van der Waals surface area (Å²) in [5.41, 5.74) is 0.803. The summed E-state index contributed by atoms with van der Waals surface area (Å²) in [4.78, 5) is 14.4. The summed E-state index contributed by atoms with van der Waals surface area (Å²) in [6, 6.07) is 8.81. The standard InChI is InChI=1S/C19H26N4O3S/c1-19(2,3)23-13-15(12-20-23)18(24)22-11-7-10-17(14-22)27(25,26)21-16-8-5-4-6-9-16/h4-6,8-9,12-13,17,21H,7,10-11,14H2,1-3H3/t17-/m0/s1. The lowest BCUT2D eigenvalue weighted by Crippen LogP contribution is -2.46. The molecule has 1 aliphatic rings. The van der Waals surface area contributed by atoms with E-state index in [0.29, 0.717) is 30.6 Å². The molecule has 1 fully saturated rings. The average molecular weight is 391 g/mol. The highest BCUT2D eigenvalue weighted by Gasteiger charge is 2.33. The zero-order valence-corrected chi connectivity index (χ0v) is 16.7. The van der Waals surface area contributed by atoms with Gasteiger partial charge in [-0.1, -0.05) is 18.2 Å². The molecule has 1 saturated heterocycles. The molecule has 27 heavy (non-hydrogen) atoms. The molecular weight excluding hydrogens is 364 g/mol. The number of para-hydroxylation sites is 1. The van der Waals surface area contributed by atoms with Crippen LogP contribution in [-0.4, -0.2) is 47.3 Å². The number of sulfonamides is 1. The summed E-state index contributed by atoms with van der Waals surface area (Å²) in [6.07, 6.45) is 4.46. The van der Waals surface area contributed by atoms with Crippen LogP contribution >= 0.6 is 0 Å². The number of nitrogens with zero attached hydrogens (tertiary/aromatic N) is 3. The highest BCUT2D eigenvalue weighted by molar-refractivity contribution is 7.93. The van der Waals surface area contributed by atoms with Crippen molar-refractivity contribution in [2.24, 2.45) is 0 Å². The van der Waals surface area contributed by atoms with Gasteiger partial charge in [0.05, 0.1) is 22.5 Å². The first-order valence-electron chi connectivity index (χ1n) is 9.08. The maximum atomic E-state index is 12.8. The normalized spacial score (nSPS) is 18.3. The van der Waals surface area contributed by atoms with Crippen molar-refractivity contribution in [2.45, 2.75) is 44.4 Å². The fraction of sp³-hybridized carbons (Fsp3) is 0.474. The molecular formula is C19H26N4O3S. The van der Waals surface area contributed by atoms with E-state index in [1.165, 1.54) is 0 Å². The third-order valence-corrected chi connectivity index (χ3v) is 6.44. The van der Waals surface area contributed by atoms with Gasteiger partial charge in [-0.3, -0.25) is 14.2 Å². The Morgan fingerprint density at radius 3 is 2.56 bits per heavy atom. The molecule has 0 spiro atoms. The summed E-state index contributed by atoms with van der Waals surface area (Å²) in [5.74, 6) is -0.176. The van der Waals surface area contributed by atoms with Gasteiger partial charge in [0.1, 0.15) is 0 Å². The Balaban J connectivity index is 1.72. The number of anilines is 1. The second-order valence-electron chi connectivity index (χ2n) is 7.87. The third-order valence-electron chi connectivity index (χ3n) is 4.65. The molecule has 2 aromatic rings. The van der Waals surface area contributed by atoms with Gasteiger partial charge in [-0.25, -0.2) is 8.42 Å². The molecule has 0 unspecified atom stereocenters. The van der Waals surface area contributed by atoms with Gasteiger partial charge >= 0.3 is 0 Å². The van der Waals surface area contributed by atoms with Crippen LogP contribution in [0.5, 0.6) is 0 Å². The zero-order chi connectivity index (χ0) is 19.7. The van der Waals surface area contributed by atoms with Crippen LogP contribution < -0.4 is 4.72 Å². The van der Waals surface area contributed by atoms with Gasteiger partial charge in [0.25, 0.3) is 5.91 Å². The molecule has 0 aliphatic carbocycles. The Hall–Kier alpha value is -2.35. The summed E-state index contributed by atoms with van der Waals surface area (Å²) in [6.45, 7) is 6.76. The first-order chi connectivity index (χ1) is 12.7. The van der Waals surface area contributed by atoms with Crippen molar-refractivity contribution in [3.8, 4) is 0 Å². The minimum absolute atomic E-state index is 0.176. The topological polar surface area (TPSA) is 84.3 Å². The first-order valence-corrected chi connectivity index (χ1v) is 10.6. The van der Waals surface area contributed by atoms with Crippen LogP contribution in [0, 0.1) is 0 Å². The van der Waals surface area contributed by atoms with Crippen LogP contribution in [0.15, 0.2) is 42.7 Å². The Labute approximate surface area is 160 Å². The van der Waals surface area contributed by atoms with Crippen LogP contribution in [0.1, 0.15) is 44.0 Å². The number of hydrogen-bond donors (Lipinski definition) is 1. The molecule has 1 atom stereocenters. The van der Waals surface area contributed by atoms with Crippen LogP contribution in [0.3, 0.4) is 0 Å². The molecule has 7 nitrogen and oxygen atoms in total. The van der Waals surface area contributed by atoms with Gasteiger partial charge in [-0.15, -0.1) is 0 Å². The van der Waals surface area contributed by atoms with Gasteiger partial charge < -0.3 is 4.90 Å². The molecule has 1 amide bonds. The van der Waals surface area contributed by atoms with Crippen molar-refractivity contribution in [3.05, 3.63) is 48.3 Å². The van der Waals surface area contributed by atoms with E-state index in [1.54, 1.807) is 46.2 Å². The number of aromatic nitrogens is 2. The Bertz CT molecular complexity index is 901. The second kappa shape index (κ2) is 7.34. The van der Waals surface area contributed by atoms with E-state index in [0.717, 1.165) is 0 Å². The molecule has 1 aromatic carbocycles. The monoisotopic (exact) mass is 390 g/mol. The Morgan fingerprint density at radius 1 is 1.22 bits per heavy atom. The van der Waals surface area contributed by atoms with Gasteiger partial charge in [0.15, 0.2) is 0 Å². The number of benzene rings is 1. The fourth-order valence-corrected chi connectivity index (χ4v) is 4.60. The average Bonchev–Trinajstić information content (AvgIpc) is 3.12. The smallest absolute Gasteiger partial charge is 0.257 e. The number of piperidine rings is 1. The third kappa shape index (κ3) is 4.50. The highest BCUT2D eigenvalue weighted by Crippen LogP contribution is 2.22. The molecule has 0 bridgehead atoms. The van der Waals surface area contributed by atoms with Crippen molar-refractivity contribution in [1.82, 2.24) is 14.7 Å². The summed E-state index contributed by atoms with van der Waals surface area (Å²) in [7, 11) is -3.57. The SMILES string of the molecule is CC(C)(C)n1cc(C(=O)N2CCC[C@H](S(=O)(=O)Nc3ccccc3)C2)cn1. The molecule has 2 heterocycles. The largest absolute Gasteiger partial charge is 0.337 e.